The van der Waals surface area contributed by atoms with E-state index < -0.39 is 10.7 Å². The molecule has 6 nitrogen and oxygen atoms in total. The van der Waals surface area contributed by atoms with E-state index >= 15 is 0 Å². The summed E-state index contributed by atoms with van der Waals surface area (Å²) in [7, 11) is -1.08. The molecule has 0 amide bonds. The van der Waals surface area contributed by atoms with Gasteiger partial charge in [-0.1, -0.05) is 6.07 Å². The number of nitrogens with zero attached hydrogens (tertiary/aromatic N) is 2. The number of methoxy groups -OCH3 is 1. The van der Waals surface area contributed by atoms with Crippen LogP contribution in [-0.2, 0) is 22.0 Å². The molecule has 2 aromatic rings. The minimum absolute atomic E-state index is 0.210. The van der Waals surface area contributed by atoms with E-state index in [0.717, 1.165) is 5.56 Å². The van der Waals surface area contributed by atoms with Gasteiger partial charge in [0.1, 0.15) is 0 Å². The van der Waals surface area contributed by atoms with Crippen molar-refractivity contribution in [1.82, 2.24) is 9.78 Å². The van der Waals surface area contributed by atoms with Crippen LogP contribution in [0.3, 0.4) is 0 Å². The van der Waals surface area contributed by atoms with Gasteiger partial charge in [0.2, 0.25) is 0 Å². The molecule has 102 valence electrons. The van der Waals surface area contributed by atoms with Gasteiger partial charge < -0.3 is 10.5 Å². The summed E-state index contributed by atoms with van der Waals surface area (Å²) >= 11 is 0. The van der Waals surface area contributed by atoms with Gasteiger partial charge in [-0.05, 0) is 12.1 Å². The maximum Gasteiger partial charge on any atom is 0.168 e. The second kappa shape index (κ2) is 5.85. The molecular formula is C12H15N3O3S. The number of nitrogens with two attached hydrogens (primary N) is 1. The maximum atomic E-state index is 11.3. The number of thiol groups is 1. The molecule has 2 N–H and O–H groups in total. The highest BCUT2D eigenvalue weighted by atomic mass is 32.2. The van der Waals surface area contributed by atoms with Gasteiger partial charge in [0, 0.05) is 30.1 Å². The summed E-state index contributed by atoms with van der Waals surface area (Å²) in [5.74, 6) is 0. The molecule has 7 heteroatoms. The number of benzene rings is 1. The molecule has 0 aliphatic rings. The number of rotatable bonds is 5. The molecule has 0 aliphatic carbocycles. The number of nitrogen functional groups attached to an aromatic ring is 1. The molecule has 0 saturated heterocycles. The Hall–Kier alpha value is -1.86. The van der Waals surface area contributed by atoms with Crippen LogP contribution in [0, 0.1) is 0 Å². The van der Waals surface area contributed by atoms with Crippen LogP contribution < -0.4 is 5.73 Å². The van der Waals surface area contributed by atoms with Crippen molar-refractivity contribution in [3.8, 4) is 11.1 Å². The van der Waals surface area contributed by atoms with Gasteiger partial charge in [-0.25, -0.2) is 8.42 Å². The lowest BCUT2D eigenvalue weighted by Gasteiger charge is -2.03. The molecule has 0 atom stereocenters. The SMILES string of the molecule is COCCn1cc(-c2ccc(N)cc2[SH](=O)=O)cn1. The second-order valence-electron chi connectivity index (χ2n) is 4.02. The summed E-state index contributed by atoms with van der Waals surface area (Å²) in [4.78, 5) is 0.210. The van der Waals surface area contributed by atoms with E-state index in [1.54, 1.807) is 36.3 Å². The molecule has 19 heavy (non-hydrogen) atoms. The van der Waals surface area contributed by atoms with Crippen molar-refractivity contribution in [3.05, 3.63) is 30.6 Å². The molecule has 0 radical (unpaired) electrons. The predicted molar refractivity (Wildman–Crippen MR) is 72.5 cm³/mol. The lowest BCUT2D eigenvalue weighted by Crippen LogP contribution is -2.03. The van der Waals surface area contributed by atoms with Gasteiger partial charge in [-0.2, -0.15) is 5.10 Å². The van der Waals surface area contributed by atoms with Crippen molar-refractivity contribution < 1.29 is 13.2 Å². The lowest BCUT2D eigenvalue weighted by molar-refractivity contribution is 0.183. The number of aromatic nitrogens is 2. The fourth-order valence-electron chi connectivity index (χ4n) is 1.75. The summed E-state index contributed by atoms with van der Waals surface area (Å²) in [6.07, 6.45) is 3.41. The number of anilines is 1. The van der Waals surface area contributed by atoms with Crippen molar-refractivity contribution in [3.63, 3.8) is 0 Å². The fourth-order valence-corrected chi connectivity index (χ4v) is 2.41. The number of hydrogen-bond donors (Lipinski definition) is 2. The van der Waals surface area contributed by atoms with E-state index in [9.17, 15) is 8.42 Å². The Morgan fingerprint density at radius 2 is 2.21 bits per heavy atom. The lowest BCUT2D eigenvalue weighted by atomic mass is 10.1. The Kier molecular flexibility index (Phi) is 4.18. The van der Waals surface area contributed by atoms with Gasteiger partial charge in [0.15, 0.2) is 10.7 Å². The topological polar surface area (TPSA) is 87.2 Å². The first-order valence-corrected chi connectivity index (χ1v) is 6.85. The highest BCUT2D eigenvalue weighted by Gasteiger charge is 2.10. The third-order valence-electron chi connectivity index (χ3n) is 2.69. The summed E-state index contributed by atoms with van der Waals surface area (Å²) in [5, 5.41) is 4.16. The summed E-state index contributed by atoms with van der Waals surface area (Å²) < 4.78 is 29.2. The van der Waals surface area contributed by atoms with Gasteiger partial charge >= 0.3 is 0 Å². The van der Waals surface area contributed by atoms with Crippen LogP contribution in [0.5, 0.6) is 0 Å². The van der Waals surface area contributed by atoms with Crippen LogP contribution in [-0.4, -0.2) is 31.9 Å². The Morgan fingerprint density at radius 1 is 1.42 bits per heavy atom. The van der Waals surface area contributed by atoms with Crippen LogP contribution in [0.2, 0.25) is 0 Å². The van der Waals surface area contributed by atoms with Crippen LogP contribution in [0.25, 0.3) is 11.1 Å². The molecule has 1 aromatic carbocycles. The van der Waals surface area contributed by atoms with E-state index in [-0.39, 0.29) is 4.90 Å². The molecular weight excluding hydrogens is 266 g/mol. The van der Waals surface area contributed by atoms with Crippen LogP contribution in [0.1, 0.15) is 0 Å². The second-order valence-corrected chi connectivity index (χ2v) is 5.01. The van der Waals surface area contributed by atoms with E-state index in [0.29, 0.717) is 24.4 Å². The molecule has 2 rings (SSSR count). The van der Waals surface area contributed by atoms with Crippen LogP contribution in [0.4, 0.5) is 5.69 Å². The van der Waals surface area contributed by atoms with Crippen molar-refractivity contribution in [2.45, 2.75) is 11.4 Å². The zero-order chi connectivity index (χ0) is 13.8. The minimum atomic E-state index is -2.70. The van der Waals surface area contributed by atoms with E-state index in [1.807, 2.05) is 0 Å². The average Bonchev–Trinajstić information content (AvgIpc) is 2.84. The molecule has 0 fully saturated rings. The quantitative estimate of drug-likeness (QED) is 0.624. The van der Waals surface area contributed by atoms with Crippen molar-refractivity contribution >= 4 is 16.4 Å². The molecule has 0 unspecified atom stereocenters. The van der Waals surface area contributed by atoms with Gasteiger partial charge in [0.25, 0.3) is 0 Å². The Morgan fingerprint density at radius 3 is 2.89 bits per heavy atom. The first-order valence-electron chi connectivity index (χ1n) is 5.67. The first kappa shape index (κ1) is 13.6. The van der Waals surface area contributed by atoms with Gasteiger partial charge in [0.05, 0.1) is 24.2 Å². The zero-order valence-corrected chi connectivity index (χ0v) is 11.3. The van der Waals surface area contributed by atoms with Crippen molar-refractivity contribution in [2.24, 2.45) is 0 Å². The van der Waals surface area contributed by atoms with E-state index in [1.165, 1.54) is 6.07 Å². The monoisotopic (exact) mass is 281 g/mol. The Labute approximate surface area is 112 Å². The highest BCUT2D eigenvalue weighted by Crippen LogP contribution is 2.26. The summed E-state index contributed by atoms with van der Waals surface area (Å²) in [5.41, 5.74) is 7.38. The highest BCUT2D eigenvalue weighted by molar-refractivity contribution is 7.72. The van der Waals surface area contributed by atoms with E-state index in [4.69, 9.17) is 10.5 Å². The number of hydrogen-bond acceptors (Lipinski definition) is 5. The third kappa shape index (κ3) is 3.12. The average molecular weight is 281 g/mol. The minimum Gasteiger partial charge on any atom is -0.399 e. The molecule has 1 aromatic heterocycles. The van der Waals surface area contributed by atoms with Crippen molar-refractivity contribution in [2.75, 3.05) is 19.5 Å². The molecule has 0 spiro atoms. The smallest absolute Gasteiger partial charge is 0.168 e. The van der Waals surface area contributed by atoms with Crippen LogP contribution in [0.15, 0.2) is 35.5 Å². The standard InChI is InChI=1S/C12H15N3O3S/c1-18-5-4-15-8-9(7-14-15)11-3-2-10(13)6-12(11)19(16)17/h2-3,6-8,19H,4-5,13H2,1H3. The molecule has 1 heterocycles. The molecule has 0 saturated carbocycles. The largest absolute Gasteiger partial charge is 0.399 e. The number of ether oxygens (including phenoxy) is 1. The first-order chi connectivity index (χ1) is 9.11. The van der Waals surface area contributed by atoms with Crippen LogP contribution >= 0.6 is 0 Å². The molecule has 0 bridgehead atoms. The van der Waals surface area contributed by atoms with Gasteiger partial charge in [-0.3, -0.25) is 4.68 Å². The summed E-state index contributed by atoms with van der Waals surface area (Å²) in [6.45, 7) is 1.16. The normalized spacial score (nSPS) is 11.1. The summed E-state index contributed by atoms with van der Waals surface area (Å²) in [6, 6.07) is 4.81. The Bertz CT molecular complexity index is 641. The van der Waals surface area contributed by atoms with Gasteiger partial charge in [-0.15, -0.1) is 0 Å². The third-order valence-corrected chi connectivity index (χ3v) is 3.45. The van der Waals surface area contributed by atoms with E-state index in [2.05, 4.69) is 5.10 Å². The predicted octanol–water partition coefficient (Wildman–Crippen LogP) is 0.749. The fraction of sp³-hybridized carbons (Fsp3) is 0.250. The maximum absolute atomic E-state index is 11.3. The van der Waals surface area contributed by atoms with Crippen molar-refractivity contribution in [1.29, 1.82) is 0 Å². The Balaban J connectivity index is 2.38. The molecule has 0 aliphatic heterocycles. The zero-order valence-electron chi connectivity index (χ0n) is 10.4.